The maximum atomic E-state index is 13.6. The fourth-order valence-electron chi connectivity index (χ4n) is 5.31. The Labute approximate surface area is 170 Å². The number of rotatable bonds is 8. The van der Waals surface area contributed by atoms with Gasteiger partial charge >= 0.3 is 0 Å². The largest absolute Gasteiger partial charge is 0.293 e. The summed E-state index contributed by atoms with van der Waals surface area (Å²) >= 11 is 0. The number of carbonyl (C=O) groups is 2. The van der Waals surface area contributed by atoms with Crippen molar-refractivity contribution in [3.63, 3.8) is 0 Å². The molecule has 0 saturated carbocycles. The van der Waals surface area contributed by atoms with E-state index in [0.717, 1.165) is 51.4 Å². The van der Waals surface area contributed by atoms with Crippen molar-refractivity contribution >= 4 is 11.6 Å². The van der Waals surface area contributed by atoms with Crippen molar-refractivity contribution in [3.05, 3.63) is 57.7 Å². The molecule has 2 unspecified atom stereocenters. The summed E-state index contributed by atoms with van der Waals surface area (Å²) in [7, 11) is 0. The Kier molecular flexibility index (Phi) is 6.69. The van der Waals surface area contributed by atoms with Crippen molar-refractivity contribution in [2.45, 2.75) is 79.1 Å². The van der Waals surface area contributed by atoms with Crippen LogP contribution in [0.2, 0.25) is 0 Å². The van der Waals surface area contributed by atoms with E-state index in [1.807, 2.05) is 24.3 Å². The van der Waals surface area contributed by atoms with Crippen LogP contribution in [0.5, 0.6) is 0 Å². The molecule has 0 radical (unpaired) electrons. The third kappa shape index (κ3) is 3.43. The first-order chi connectivity index (χ1) is 13.6. The average molecular weight is 379 g/mol. The summed E-state index contributed by atoms with van der Waals surface area (Å²) in [6, 6.07) is 7.46. The topological polar surface area (TPSA) is 34.1 Å². The molecule has 0 spiro atoms. The molecule has 0 N–H and O–H groups in total. The van der Waals surface area contributed by atoms with E-state index in [9.17, 15) is 9.59 Å². The number of ketones is 2. The van der Waals surface area contributed by atoms with Gasteiger partial charge in [0.15, 0.2) is 11.6 Å². The van der Waals surface area contributed by atoms with Gasteiger partial charge in [-0.3, -0.25) is 9.59 Å². The van der Waals surface area contributed by atoms with E-state index in [-0.39, 0.29) is 23.4 Å². The van der Waals surface area contributed by atoms with Gasteiger partial charge in [-0.15, -0.1) is 0 Å². The molecule has 28 heavy (non-hydrogen) atoms. The third-order valence-corrected chi connectivity index (χ3v) is 6.29. The van der Waals surface area contributed by atoms with Crippen molar-refractivity contribution < 1.29 is 9.59 Å². The van der Waals surface area contributed by atoms with Crippen LogP contribution in [0.15, 0.2) is 46.6 Å². The molecule has 0 heterocycles. The van der Waals surface area contributed by atoms with Gasteiger partial charge in [-0.1, -0.05) is 88.8 Å². The lowest BCUT2D eigenvalue weighted by atomic mass is 9.60. The van der Waals surface area contributed by atoms with Gasteiger partial charge in [0.2, 0.25) is 0 Å². The number of allylic oxidation sites excluding steroid dienone is 4. The van der Waals surface area contributed by atoms with Gasteiger partial charge in [0.05, 0.1) is 11.8 Å². The molecule has 0 bridgehead atoms. The highest BCUT2D eigenvalue weighted by molar-refractivity contribution is 6.18. The lowest BCUT2D eigenvalue weighted by molar-refractivity contribution is 0.0777. The fourth-order valence-corrected chi connectivity index (χ4v) is 5.31. The van der Waals surface area contributed by atoms with Crippen LogP contribution in [-0.2, 0) is 0 Å². The third-order valence-electron chi connectivity index (χ3n) is 6.29. The van der Waals surface area contributed by atoms with Crippen LogP contribution in [0.3, 0.4) is 0 Å². The Balaban J connectivity index is 2.29. The van der Waals surface area contributed by atoms with E-state index >= 15 is 0 Å². The second-order valence-electron chi connectivity index (χ2n) is 8.24. The quantitative estimate of drug-likeness (QED) is 0.483. The maximum Gasteiger partial charge on any atom is 0.171 e. The highest BCUT2D eigenvalue weighted by Crippen LogP contribution is 2.50. The SMILES string of the molecule is CCCC1=C(CCC)C2C(=O)c3ccccc3C(=O)C2C(CCC)=C1CCC. The van der Waals surface area contributed by atoms with E-state index in [1.54, 1.807) is 0 Å². The number of hydrogen-bond acceptors (Lipinski definition) is 2. The Bertz CT molecular complexity index is 756. The maximum absolute atomic E-state index is 13.6. The van der Waals surface area contributed by atoms with Gasteiger partial charge in [-0.25, -0.2) is 0 Å². The zero-order valence-electron chi connectivity index (χ0n) is 17.9. The van der Waals surface area contributed by atoms with Gasteiger partial charge in [-0.2, -0.15) is 0 Å². The molecular weight excluding hydrogens is 344 g/mol. The van der Waals surface area contributed by atoms with Crippen LogP contribution in [0.1, 0.15) is 99.8 Å². The molecule has 0 aliphatic heterocycles. The number of hydrogen-bond donors (Lipinski definition) is 0. The van der Waals surface area contributed by atoms with Gasteiger partial charge in [0.1, 0.15) is 0 Å². The molecule has 1 aromatic rings. The lowest BCUT2D eigenvalue weighted by Crippen LogP contribution is -2.41. The minimum Gasteiger partial charge on any atom is -0.293 e. The number of carbonyl (C=O) groups excluding carboxylic acids is 2. The number of fused-ring (bicyclic) bond motifs is 2. The van der Waals surface area contributed by atoms with Crippen molar-refractivity contribution in [1.29, 1.82) is 0 Å². The Morgan fingerprint density at radius 1 is 0.607 bits per heavy atom. The second-order valence-corrected chi connectivity index (χ2v) is 8.24. The number of benzene rings is 1. The minimum atomic E-state index is -0.272. The van der Waals surface area contributed by atoms with Crippen LogP contribution < -0.4 is 0 Å². The lowest BCUT2D eigenvalue weighted by Gasteiger charge is -2.41. The monoisotopic (exact) mass is 378 g/mol. The standard InChI is InChI=1S/C26H34O2/c1-5-11-17-18(12-6-2)20(14-8-4)24-23(19(17)13-7-3)25(27)21-15-9-10-16-22(21)26(24)28/h9-10,15-16,23-24H,5-8,11-14H2,1-4H3. The molecule has 1 aromatic carbocycles. The zero-order valence-corrected chi connectivity index (χ0v) is 17.9. The van der Waals surface area contributed by atoms with Gasteiger partial charge in [-0.05, 0) is 36.8 Å². The molecule has 3 rings (SSSR count). The highest BCUT2D eigenvalue weighted by atomic mass is 16.1. The molecule has 2 heteroatoms. The smallest absolute Gasteiger partial charge is 0.171 e. The molecule has 150 valence electrons. The normalized spacial score (nSPS) is 21.9. The Morgan fingerprint density at radius 3 is 1.29 bits per heavy atom. The van der Waals surface area contributed by atoms with Gasteiger partial charge < -0.3 is 0 Å². The highest BCUT2D eigenvalue weighted by Gasteiger charge is 2.47. The van der Waals surface area contributed by atoms with Crippen molar-refractivity contribution in [1.82, 2.24) is 0 Å². The van der Waals surface area contributed by atoms with Crippen LogP contribution in [0.25, 0.3) is 0 Å². The molecule has 0 aromatic heterocycles. The van der Waals surface area contributed by atoms with Gasteiger partial charge in [0, 0.05) is 11.1 Å². The van der Waals surface area contributed by atoms with Crippen molar-refractivity contribution in [3.8, 4) is 0 Å². The molecule has 2 atom stereocenters. The van der Waals surface area contributed by atoms with Crippen LogP contribution in [-0.4, -0.2) is 11.6 Å². The van der Waals surface area contributed by atoms with E-state index in [1.165, 1.54) is 22.3 Å². The van der Waals surface area contributed by atoms with Crippen molar-refractivity contribution in [2.24, 2.45) is 11.8 Å². The summed E-state index contributed by atoms with van der Waals surface area (Å²) in [4.78, 5) is 27.3. The Morgan fingerprint density at radius 2 is 0.964 bits per heavy atom. The summed E-state index contributed by atoms with van der Waals surface area (Å²) in [6.45, 7) is 8.79. The summed E-state index contributed by atoms with van der Waals surface area (Å²) in [5.74, 6) is -0.208. The minimum absolute atomic E-state index is 0.168. The summed E-state index contributed by atoms with van der Waals surface area (Å²) < 4.78 is 0. The molecule has 0 saturated heterocycles. The number of Topliss-reactive ketones (excluding diaryl/α,β-unsaturated/α-hetero) is 2. The summed E-state index contributed by atoms with van der Waals surface area (Å²) in [5, 5.41) is 0. The predicted octanol–water partition coefficient (Wildman–Crippen LogP) is 7.11. The first-order valence-corrected chi connectivity index (χ1v) is 11.2. The molecule has 2 aliphatic rings. The molecule has 2 nitrogen and oxygen atoms in total. The fraction of sp³-hybridized carbons (Fsp3) is 0.538. The predicted molar refractivity (Wildman–Crippen MR) is 116 cm³/mol. The Hall–Kier alpha value is -1.96. The van der Waals surface area contributed by atoms with Crippen molar-refractivity contribution in [2.75, 3.05) is 0 Å². The summed E-state index contributed by atoms with van der Waals surface area (Å²) in [5.41, 5.74) is 6.63. The van der Waals surface area contributed by atoms with E-state index in [2.05, 4.69) is 27.7 Å². The first-order valence-electron chi connectivity index (χ1n) is 11.2. The summed E-state index contributed by atoms with van der Waals surface area (Å²) in [6.07, 6.45) is 8.05. The molecule has 0 amide bonds. The van der Waals surface area contributed by atoms with Gasteiger partial charge in [0.25, 0.3) is 0 Å². The molecular formula is C26H34O2. The molecule has 0 fully saturated rings. The van der Waals surface area contributed by atoms with E-state index in [0.29, 0.717) is 11.1 Å². The van der Waals surface area contributed by atoms with Crippen LogP contribution in [0, 0.1) is 11.8 Å². The van der Waals surface area contributed by atoms with E-state index in [4.69, 9.17) is 0 Å². The average Bonchev–Trinajstić information content (AvgIpc) is 2.70. The zero-order chi connectivity index (χ0) is 20.3. The second kappa shape index (κ2) is 9.03. The first kappa shape index (κ1) is 20.8. The molecule has 2 aliphatic carbocycles. The van der Waals surface area contributed by atoms with E-state index < -0.39 is 0 Å². The van der Waals surface area contributed by atoms with Crippen LogP contribution in [0.4, 0.5) is 0 Å². The van der Waals surface area contributed by atoms with Crippen LogP contribution >= 0.6 is 0 Å².